The van der Waals surface area contributed by atoms with Crippen LogP contribution in [0.2, 0.25) is 0 Å². The van der Waals surface area contributed by atoms with Crippen molar-refractivity contribution in [3.63, 3.8) is 0 Å². The van der Waals surface area contributed by atoms with Gasteiger partial charge in [0, 0.05) is 11.6 Å². The van der Waals surface area contributed by atoms with Gasteiger partial charge in [-0.1, -0.05) is 47.7 Å². The van der Waals surface area contributed by atoms with Crippen molar-refractivity contribution in [3.8, 4) is 5.69 Å². The fraction of sp³-hybridized carbons (Fsp3) is 0. The van der Waals surface area contributed by atoms with Crippen LogP contribution >= 0.6 is 0 Å². The molecule has 0 spiro atoms. The van der Waals surface area contributed by atoms with Crippen LogP contribution in [0.15, 0.2) is 72.9 Å². The molecule has 0 aliphatic rings. The Balaban J connectivity index is 1.87. The van der Waals surface area contributed by atoms with E-state index in [-0.39, 0.29) is 0 Å². The standard InChI is InChI=1S/C19H12N4/c1-2-6-14-12-19-17(11-13(14)5-1)21-22-23(19)18-9-10-20-16-8-4-3-7-15(16)18/h1-12H. The Morgan fingerprint density at radius 2 is 1.52 bits per heavy atom. The molecule has 2 heterocycles. The Morgan fingerprint density at radius 1 is 0.739 bits per heavy atom. The van der Waals surface area contributed by atoms with Crippen molar-refractivity contribution in [2.75, 3.05) is 0 Å². The number of rotatable bonds is 1. The monoisotopic (exact) mass is 296 g/mol. The van der Waals surface area contributed by atoms with Crippen molar-refractivity contribution >= 4 is 32.7 Å². The summed E-state index contributed by atoms with van der Waals surface area (Å²) in [5.74, 6) is 0. The zero-order valence-corrected chi connectivity index (χ0v) is 12.2. The van der Waals surface area contributed by atoms with Crippen LogP contribution in [-0.4, -0.2) is 20.0 Å². The second kappa shape index (κ2) is 4.61. The van der Waals surface area contributed by atoms with E-state index in [2.05, 4.69) is 45.6 Å². The normalized spacial score (nSPS) is 11.5. The molecule has 0 N–H and O–H groups in total. The Kier molecular flexibility index (Phi) is 2.46. The Hall–Kier alpha value is -3.27. The van der Waals surface area contributed by atoms with Crippen LogP contribution in [-0.2, 0) is 0 Å². The third-order valence-corrected chi connectivity index (χ3v) is 4.17. The van der Waals surface area contributed by atoms with Crippen LogP contribution in [0.4, 0.5) is 0 Å². The molecule has 0 unspecified atom stereocenters. The highest BCUT2D eigenvalue weighted by Crippen LogP contribution is 2.26. The minimum absolute atomic E-state index is 0.893. The van der Waals surface area contributed by atoms with Gasteiger partial charge < -0.3 is 0 Å². The predicted molar refractivity (Wildman–Crippen MR) is 91.7 cm³/mol. The highest BCUT2D eigenvalue weighted by atomic mass is 15.4. The van der Waals surface area contributed by atoms with Gasteiger partial charge in [0.15, 0.2) is 0 Å². The molecule has 0 bridgehead atoms. The van der Waals surface area contributed by atoms with E-state index in [4.69, 9.17) is 0 Å². The molecule has 5 aromatic rings. The first kappa shape index (κ1) is 12.3. The quantitative estimate of drug-likeness (QED) is 0.467. The van der Waals surface area contributed by atoms with E-state index in [1.54, 1.807) is 0 Å². The summed E-state index contributed by atoms with van der Waals surface area (Å²) in [4.78, 5) is 4.42. The van der Waals surface area contributed by atoms with Crippen molar-refractivity contribution in [2.45, 2.75) is 0 Å². The van der Waals surface area contributed by atoms with Gasteiger partial charge in [-0.15, -0.1) is 5.10 Å². The zero-order valence-electron chi connectivity index (χ0n) is 12.2. The summed E-state index contributed by atoms with van der Waals surface area (Å²) in [6.45, 7) is 0. The van der Waals surface area contributed by atoms with E-state index in [1.165, 1.54) is 10.8 Å². The molecule has 0 saturated carbocycles. The fourth-order valence-electron chi connectivity index (χ4n) is 3.05. The van der Waals surface area contributed by atoms with E-state index in [1.807, 2.05) is 47.3 Å². The molecule has 0 radical (unpaired) electrons. The molecule has 2 aromatic heterocycles. The number of hydrogen-bond donors (Lipinski definition) is 0. The summed E-state index contributed by atoms with van der Waals surface area (Å²) in [6.07, 6.45) is 1.81. The van der Waals surface area contributed by atoms with Crippen molar-refractivity contribution in [3.05, 3.63) is 72.9 Å². The zero-order chi connectivity index (χ0) is 15.2. The molecule has 3 aromatic carbocycles. The molecule has 0 aliphatic carbocycles. The van der Waals surface area contributed by atoms with Crippen molar-refractivity contribution in [1.82, 2.24) is 20.0 Å². The van der Waals surface area contributed by atoms with E-state index in [9.17, 15) is 0 Å². The minimum Gasteiger partial charge on any atom is -0.256 e. The van der Waals surface area contributed by atoms with Gasteiger partial charge in [-0.3, -0.25) is 4.98 Å². The van der Waals surface area contributed by atoms with Crippen molar-refractivity contribution in [1.29, 1.82) is 0 Å². The highest BCUT2D eigenvalue weighted by Gasteiger charge is 2.10. The van der Waals surface area contributed by atoms with Crippen molar-refractivity contribution in [2.24, 2.45) is 0 Å². The van der Waals surface area contributed by atoms with Crippen LogP contribution in [0.25, 0.3) is 38.4 Å². The van der Waals surface area contributed by atoms with Gasteiger partial charge in [-0.05, 0) is 35.0 Å². The third-order valence-electron chi connectivity index (χ3n) is 4.17. The second-order valence-electron chi connectivity index (χ2n) is 5.54. The highest BCUT2D eigenvalue weighted by molar-refractivity contribution is 5.96. The summed E-state index contributed by atoms with van der Waals surface area (Å²) in [6, 6.07) is 22.6. The predicted octanol–water partition coefficient (Wildman–Crippen LogP) is 4.12. The lowest BCUT2D eigenvalue weighted by molar-refractivity contribution is 0.828. The third kappa shape index (κ3) is 1.82. The molecular formula is C19H12N4. The van der Waals surface area contributed by atoms with Gasteiger partial charge in [-0.25, -0.2) is 4.68 Å². The van der Waals surface area contributed by atoms with Crippen LogP contribution in [0.5, 0.6) is 0 Å². The van der Waals surface area contributed by atoms with Gasteiger partial charge in [0.05, 0.1) is 16.7 Å². The molecule has 5 rings (SSSR count). The maximum atomic E-state index is 4.42. The smallest absolute Gasteiger partial charge is 0.114 e. The van der Waals surface area contributed by atoms with E-state index in [0.29, 0.717) is 0 Å². The topological polar surface area (TPSA) is 43.6 Å². The van der Waals surface area contributed by atoms with Gasteiger partial charge in [0.25, 0.3) is 0 Å². The summed E-state index contributed by atoms with van der Waals surface area (Å²) >= 11 is 0. The van der Waals surface area contributed by atoms with Gasteiger partial charge in [-0.2, -0.15) is 0 Å². The number of nitrogens with zero attached hydrogens (tertiary/aromatic N) is 4. The number of hydrogen-bond acceptors (Lipinski definition) is 3. The van der Waals surface area contributed by atoms with Crippen LogP contribution in [0, 0.1) is 0 Å². The van der Waals surface area contributed by atoms with Crippen LogP contribution in [0.1, 0.15) is 0 Å². The first-order valence-corrected chi connectivity index (χ1v) is 7.48. The molecule has 4 nitrogen and oxygen atoms in total. The largest absolute Gasteiger partial charge is 0.256 e. The Labute approximate surface area is 132 Å². The van der Waals surface area contributed by atoms with Gasteiger partial charge >= 0.3 is 0 Å². The number of fused-ring (bicyclic) bond motifs is 3. The average Bonchev–Trinajstić information content (AvgIpc) is 3.02. The second-order valence-corrected chi connectivity index (χ2v) is 5.54. The maximum Gasteiger partial charge on any atom is 0.114 e. The molecule has 0 fully saturated rings. The number of pyridine rings is 1. The van der Waals surface area contributed by atoms with Crippen LogP contribution < -0.4 is 0 Å². The van der Waals surface area contributed by atoms with Crippen molar-refractivity contribution < 1.29 is 0 Å². The molecule has 0 atom stereocenters. The maximum absolute atomic E-state index is 4.42. The summed E-state index contributed by atoms with van der Waals surface area (Å²) in [5, 5.41) is 12.1. The molecule has 0 aliphatic heterocycles. The molecule has 23 heavy (non-hydrogen) atoms. The number of benzene rings is 3. The Morgan fingerprint density at radius 3 is 2.43 bits per heavy atom. The first-order valence-electron chi connectivity index (χ1n) is 7.48. The lowest BCUT2D eigenvalue weighted by Gasteiger charge is -2.06. The van der Waals surface area contributed by atoms with E-state index >= 15 is 0 Å². The number of para-hydroxylation sites is 1. The van der Waals surface area contributed by atoms with Gasteiger partial charge in [0.1, 0.15) is 5.52 Å². The van der Waals surface area contributed by atoms with Crippen LogP contribution in [0.3, 0.4) is 0 Å². The van der Waals surface area contributed by atoms with Gasteiger partial charge in [0.2, 0.25) is 0 Å². The molecule has 0 saturated heterocycles. The molecule has 4 heteroatoms. The Bertz CT molecular complexity index is 1170. The van der Waals surface area contributed by atoms with E-state index < -0.39 is 0 Å². The molecular weight excluding hydrogens is 284 g/mol. The lowest BCUT2D eigenvalue weighted by atomic mass is 10.1. The first-order chi connectivity index (χ1) is 11.4. The minimum atomic E-state index is 0.893. The number of aromatic nitrogens is 4. The summed E-state index contributed by atoms with van der Waals surface area (Å²) in [5.41, 5.74) is 3.84. The molecule has 0 amide bonds. The van der Waals surface area contributed by atoms with E-state index in [0.717, 1.165) is 27.6 Å². The summed E-state index contributed by atoms with van der Waals surface area (Å²) < 4.78 is 1.89. The lowest BCUT2D eigenvalue weighted by Crippen LogP contribution is -1.98. The fourth-order valence-corrected chi connectivity index (χ4v) is 3.05. The SMILES string of the molecule is c1ccc2cc3c(cc2c1)nnn3-c1ccnc2ccccc12. The molecule has 108 valence electrons. The summed E-state index contributed by atoms with van der Waals surface area (Å²) in [7, 11) is 0. The average molecular weight is 296 g/mol.